The summed E-state index contributed by atoms with van der Waals surface area (Å²) in [4.78, 5) is 0.211. The first-order valence-corrected chi connectivity index (χ1v) is 8.52. The van der Waals surface area contributed by atoms with Crippen molar-refractivity contribution in [2.75, 3.05) is 6.54 Å². The van der Waals surface area contributed by atoms with Crippen LogP contribution in [-0.4, -0.2) is 26.2 Å². The highest BCUT2D eigenvalue weighted by Gasteiger charge is 2.16. The maximum Gasteiger partial charge on any atom is 0.241 e. The topological polar surface area (TPSA) is 66.4 Å². The molecule has 2 N–H and O–H groups in total. The van der Waals surface area contributed by atoms with Crippen LogP contribution >= 0.6 is 31.9 Å². The van der Waals surface area contributed by atoms with Gasteiger partial charge >= 0.3 is 0 Å². The Morgan fingerprint density at radius 3 is 2.61 bits per heavy atom. The van der Waals surface area contributed by atoms with Crippen LogP contribution in [0.5, 0.6) is 0 Å². The van der Waals surface area contributed by atoms with Crippen LogP contribution in [0.25, 0.3) is 0 Å². The lowest BCUT2D eigenvalue weighted by Crippen LogP contribution is -2.25. The van der Waals surface area contributed by atoms with Crippen LogP contribution < -0.4 is 4.72 Å². The molecule has 1 atom stereocenters. The van der Waals surface area contributed by atoms with E-state index < -0.39 is 16.1 Å². The molecule has 0 aliphatic carbocycles. The fourth-order valence-electron chi connectivity index (χ4n) is 1.37. The minimum Gasteiger partial charge on any atom is -0.393 e. The first kappa shape index (κ1) is 16.1. The molecule has 0 saturated heterocycles. The highest BCUT2D eigenvalue weighted by molar-refractivity contribution is 9.11. The Labute approximate surface area is 124 Å². The highest BCUT2D eigenvalue weighted by Crippen LogP contribution is 2.25. The van der Waals surface area contributed by atoms with Crippen molar-refractivity contribution >= 4 is 41.9 Å². The Kier molecular flexibility index (Phi) is 6.26. The smallest absolute Gasteiger partial charge is 0.241 e. The molecule has 0 saturated carbocycles. The van der Waals surface area contributed by atoms with Crippen molar-refractivity contribution in [2.24, 2.45) is 0 Å². The molecule has 1 unspecified atom stereocenters. The number of hydrogen-bond donors (Lipinski definition) is 2. The van der Waals surface area contributed by atoms with Gasteiger partial charge in [0, 0.05) is 15.5 Å². The van der Waals surface area contributed by atoms with Crippen molar-refractivity contribution in [3.05, 3.63) is 27.1 Å². The van der Waals surface area contributed by atoms with Crippen LogP contribution in [0, 0.1) is 0 Å². The van der Waals surface area contributed by atoms with Gasteiger partial charge in [0.15, 0.2) is 0 Å². The number of hydrogen-bond acceptors (Lipinski definition) is 3. The van der Waals surface area contributed by atoms with Gasteiger partial charge in [0.1, 0.15) is 0 Å². The molecule has 1 aromatic rings. The lowest BCUT2D eigenvalue weighted by Gasteiger charge is -2.09. The molecule has 102 valence electrons. The predicted molar refractivity (Wildman–Crippen MR) is 77.9 cm³/mol. The first-order chi connectivity index (χ1) is 8.33. The summed E-state index contributed by atoms with van der Waals surface area (Å²) in [5, 5.41) is 9.08. The number of nitrogens with one attached hydrogen (secondary N) is 1. The van der Waals surface area contributed by atoms with Crippen LogP contribution in [0.15, 0.2) is 32.0 Å². The summed E-state index contributed by atoms with van der Waals surface area (Å²) in [6.45, 7) is 2.00. The normalized spacial score (nSPS) is 13.6. The molecule has 0 spiro atoms. The fourth-order valence-corrected chi connectivity index (χ4v) is 4.19. The van der Waals surface area contributed by atoms with Crippen LogP contribution in [0.3, 0.4) is 0 Å². The monoisotopic (exact) mass is 399 g/mol. The number of rotatable bonds is 6. The number of aliphatic hydroxyl groups excluding tert-OH is 1. The van der Waals surface area contributed by atoms with E-state index in [1.54, 1.807) is 19.1 Å². The van der Waals surface area contributed by atoms with Gasteiger partial charge < -0.3 is 5.11 Å². The molecule has 0 aliphatic heterocycles. The summed E-state index contributed by atoms with van der Waals surface area (Å²) in [5.74, 6) is 0. The van der Waals surface area contributed by atoms with Gasteiger partial charge in [-0.25, -0.2) is 13.1 Å². The summed E-state index contributed by atoms with van der Waals surface area (Å²) in [6.07, 6.45) is 0.767. The van der Waals surface area contributed by atoms with Crippen molar-refractivity contribution in [1.29, 1.82) is 0 Å². The lowest BCUT2D eigenvalue weighted by atomic mass is 10.2. The maximum atomic E-state index is 12.0. The van der Waals surface area contributed by atoms with Crippen LogP contribution in [0.2, 0.25) is 0 Å². The molecule has 4 nitrogen and oxygen atoms in total. The van der Waals surface area contributed by atoms with Gasteiger partial charge in [-0.05, 0) is 53.9 Å². The Bertz CT molecular complexity index is 503. The zero-order valence-electron chi connectivity index (χ0n) is 9.86. The van der Waals surface area contributed by atoms with E-state index >= 15 is 0 Å². The number of aliphatic hydroxyl groups is 1. The SMILES string of the molecule is CC(O)CCCNS(=O)(=O)c1ccc(Br)cc1Br. The standard InChI is InChI=1S/C11H15Br2NO3S/c1-8(15)3-2-6-14-18(16,17)11-5-4-9(12)7-10(11)13/h4-5,7-8,14-15H,2-3,6H2,1H3. The average Bonchev–Trinajstić information content (AvgIpc) is 2.23. The number of halogens is 2. The predicted octanol–water partition coefficient (Wildman–Crippen LogP) is 2.65. The van der Waals surface area contributed by atoms with E-state index in [-0.39, 0.29) is 4.90 Å². The van der Waals surface area contributed by atoms with Gasteiger partial charge in [-0.15, -0.1) is 0 Å². The molecule has 1 rings (SSSR count). The van der Waals surface area contributed by atoms with Crippen molar-refractivity contribution in [2.45, 2.75) is 30.8 Å². The van der Waals surface area contributed by atoms with E-state index in [4.69, 9.17) is 5.11 Å². The summed E-state index contributed by atoms with van der Waals surface area (Å²) >= 11 is 6.50. The molecule has 18 heavy (non-hydrogen) atoms. The van der Waals surface area contributed by atoms with E-state index in [0.717, 1.165) is 4.47 Å². The molecule has 0 radical (unpaired) electrons. The van der Waals surface area contributed by atoms with Crippen LogP contribution in [-0.2, 0) is 10.0 Å². The third kappa shape index (κ3) is 4.97. The fraction of sp³-hybridized carbons (Fsp3) is 0.455. The second-order valence-electron chi connectivity index (χ2n) is 3.96. The van der Waals surface area contributed by atoms with Gasteiger partial charge in [-0.2, -0.15) is 0 Å². The van der Waals surface area contributed by atoms with E-state index in [0.29, 0.717) is 23.9 Å². The minimum absolute atomic E-state index is 0.211. The van der Waals surface area contributed by atoms with E-state index in [2.05, 4.69) is 36.6 Å². The third-order valence-electron chi connectivity index (χ3n) is 2.27. The van der Waals surface area contributed by atoms with Gasteiger partial charge in [-0.3, -0.25) is 0 Å². The van der Waals surface area contributed by atoms with E-state index in [9.17, 15) is 8.42 Å². The third-order valence-corrected chi connectivity index (χ3v) is 5.21. The molecule has 1 aromatic carbocycles. The molecule has 0 aliphatic rings. The molecule has 0 fully saturated rings. The molecular formula is C11H15Br2NO3S. The summed E-state index contributed by atoms with van der Waals surface area (Å²) in [5.41, 5.74) is 0. The summed E-state index contributed by atoms with van der Waals surface area (Å²) in [7, 11) is -3.50. The zero-order chi connectivity index (χ0) is 13.8. The molecule has 0 amide bonds. The largest absolute Gasteiger partial charge is 0.393 e. The second-order valence-corrected chi connectivity index (χ2v) is 7.47. The quantitative estimate of drug-likeness (QED) is 0.721. The Hall–Kier alpha value is 0.0500. The number of benzene rings is 1. The van der Waals surface area contributed by atoms with Crippen LogP contribution in [0.4, 0.5) is 0 Å². The van der Waals surface area contributed by atoms with Crippen molar-refractivity contribution in [3.8, 4) is 0 Å². The second kappa shape index (κ2) is 7.00. The molecule has 0 bridgehead atoms. The average molecular weight is 401 g/mol. The van der Waals surface area contributed by atoms with Gasteiger partial charge in [0.05, 0.1) is 11.0 Å². The molecular weight excluding hydrogens is 386 g/mol. The first-order valence-electron chi connectivity index (χ1n) is 5.45. The summed E-state index contributed by atoms with van der Waals surface area (Å²) in [6, 6.07) is 4.89. The lowest BCUT2D eigenvalue weighted by molar-refractivity contribution is 0.182. The highest BCUT2D eigenvalue weighted by atomic mass is 79.9. The van der Waals surface area contributed by atoms with Gasteiger partial charge in [0.2, 0.25) is 10.0 Å². The molecule has 0 aromatic heterocycles. The van der Waals surface area contributed by atoms with Gasteiger partial charge in [-0.1, -0.05) is 15.9 Å². The van der Waals surface area contributed by atoms with E-state index in [1.807, 2.05) is 0 Å². The minimum atomic E-state index is -3.50. The Balaban J connectivity index is 2.69. The van der Waals surface area contributed by atoms with Crippen LogP contribution in [0.1, 0.15) is 19.8 Å². The van der Waals surface area contributed by atoms with Crippen molar-refractivity contribution in [3.63, 3.8) is 0 Å². The van der Waals surface area contributed by atoms with Crippen molar-refractivity contribution < 1.29 is 13.5 Å². The number of sulfonamides is 1. The zero-order valence-corrected chi connectivity index (χ0v) is 13.8. The summed E-state index contributed by atoms with van der Waals surface area (Å²) < 4.78 is 27.8. The molecule has 0 heterocycles. The maximum absolute atomic E-state index is 12.0. The van der Waals surface area contributed by atoms with Gasteiger partial charge in [0.25, 0.3) is 0 Å². The van der Waals surface area contributed by atoms with Crippen molar-refractivity contribution in [1.82, 2.24) is 4.72 Å². The Morgan fingerprint density at radius 2 is 2.06 bits per heavy atom. The molecule has 7 heteroatoms. The van der Waals surface area contributed by atoms with E-state index in [1.165, 1.54) is 6.07 Å². The Morgan fingerprint density at radius 1 is 1.39 bits per heavy atom.